The molecular formula is C30H60. The van der Waals surface area contributed by atoms with Crippen molar-refractivity contribution in [1.82, 2.24) is 0 Å². The monoisotopic (exact) mass is 420 g/mol. The Labute approximate surface area is 193 Å². The van der Waals surface area contributed by atoms with Gasteiger partial charge in [-0.3, -0.25) is 0 Å². The van der Waals surface area contributed by atoms with E-state index in [4.69, 9.17) is 0 Å². The molecule has 0 aromatic rings. The fourth-order valence-electron chi connectivity index (χ4n) is 4.63. The summed E-state index contributed by atoms with van der Waals surface area (Å²) in [5.74, 6) is 0.986. The number of allylic oxidation sites excluding steroid dienone is 2. The van der Waals surface area contributed by atoms with E-state index in [0.717, 1.165) is 5.92 Å². The molecule has 0 aliphatic heterocycles. The minimum absolute atomic E-state index is 0.986. The quantitative estimate of drug-likeness (QED) is 0.102. The average molecular weight is 421 g/mol. The molecule has 0 aromatic heterocycles. The van der Waals surface area contributed by atoms with Gasteiger partial charge in [0.2, 0.25) is 0 Å². The van der Waals surface area contributed by atoms with Gasteiger partial charge in [0.05, 0.1) is 0 Å². The minimum atomic E-state index is 0.986. The normalized spacial score (nSPS) is 12.8. The molecule has 0 heterocycles. The van der Waals surface area contributed by atoms with Crippen LogP contribution >= 0.6 is 0 Å². The van der Waals surface area contributed by atoms with E-state index >= 15 is 0 Å². The van der Waals surface area contributed by atoms with Crippen LogP contribution in [0.4, 0.5) is 0 Å². The van der Waals surface area contributed by atoms with E-state index in [1.165, 1.54) is 154 Å². The van der Waals surface area contributed by atoms with Gasteiger partial charge in [0.1, 0.15) is 0 Å². The van der Waals surface area contributed by atoms with Crippen molar-refractivity contribution in [3.63, 3.8) is 0 Å². The molecule has 0 fully saturated rings. The van der Waals surface area contributed by atoms with E-state index in [0.29, 0.717) is 0 Å². The van der Waals surface area contributed by atoms with Gasteiger partial charge in [-0.2, -0.15) is 0 Å². The van der Waals surface area contributed by atoms with E-state index < -0.39 is 0 Å². The lowest BCUT2D eigenvalue weighted by molar-refractivity contribution is 0.402. The predicted molar refractivity (Wildman–Crippen MR) is 140 cm³/mol. The highest BCUT2D eigenvalue weighted by atomic mass is 14.1. The largest absolute Gasteiger partial charge is 0.0885 e. The van der Waals surface area contributed by atoms with Gasteiger partial charge in [0, 0.05) is 0 Å². The van der Waals surface area contributed by atoms with E-state index in [9.17, 15) is 0 Å². The Balaban J connectivity index is 3.33. The molecule has 0 nitrogen and oxygen atoms in total. The second kappa shape index (κ2) is 26.8. The molecule has 0 amide bonds. The van der Waals surface area contributed by atoms with E-state index in [2.05, 4.69) is 32.9 Å². The summed E-state index contributed by atoms with van der Waals surface area (Å²) in [6, 6.07) is 0. The van der Waals surface area contributed by atoms with Gasteiger partial charge in [-0.1, -0.05) is 161 Å². The van der Waals surface area contributed by atoms with Crippen LogP contribution in [-0.2, 0) is 0 Å². The van der Waals surface area contributed by atoms with Crippen molar-refractivity contribution >= 4 is 0 Å². The highest BCUT2D eigenvalue weighted by Crippen LogP contribution is 2.21. The summed E-state index contributed by atoms with van der Waals surface area (Å²) < 4.78 is 0. The molecule has 0 rings (SSSR count). The van der Waals surface area contributed by atoms with Gasteiger partial charge in [0.15, 0.2) is 0 Å². The van der Waals surface area contributed by atoms with Crippen LogP contribution in [0.1, 0.15) is 175 Å². The highest BCUT2D eigenvalue weighted by Gasteiger charge is 2.05. The summed E-state index contributed by atoms with van der Waals surface area (Å²) >= 11 is 0. The maximum Gasteiger partial charge on any atom is -0.0351 e. The summed E-state index contributed by atoms with van der Waals surface area (Å²) in [5, 5.41) is 0. The van der Waals surface area contributed by atoms with Crippen molar-refractivity contribution < 1.29 is 0 Å². The van der Waals surface area contributed by atoms with E-state index in [1.807, 2.05) is 0 Å². The lowest BCUT2D eigenvalue weighted by Crippen LogP contribution is -1.98. The Morgan fingerprint density at radius 3 is 1.23 bits per heavy atom. The van der Waals surface area contributed by atoms with Crippen LogP contribution in [0.25, 0.3) is 0 Å². The highest BCUT2D eigenvalue weighted by molar-refractivity contribution is 4.81. The summed E-state index contributed by atoms with van der Waals surface area (Å²) in [7, 11) is 0. The molecule has 0 N–H and O–H groups in total. The van der Waals surface area contributed by atoms with Gasteiger partial charge in [-0.15, -0.1) is 0 Å². The molecule has 0 spiro atoms. The van der Waals surface area contributed by atoms with E-state index in [1.54, 1.807) is 0 Å². The van der Waals surface area contributed by atoms with Crippen molar-refractivity contribution in [2.24, 2.45) is 5.92 Å². The third kappa shape index (κ3) is 24.0. The first-order chi connectivity index (χ1) is 14.8. The van der Waals surface area contributed by atoms with Gasteiger partial charge in [0.25, 0.3) is 0 Å². The van der Waals surface area contributed by atoms with Crippen molar-refractivity contribution in [2.45, 2.75) is 175 Å². The molecule has 30 heavy (non-hydrogen) atoms. The Bertz CT molecular complexity index is 316. The molecule has 0 aromatic carbocycles. The van der Waals surface area contributed by atoms with Crippen molar-refractivity contribution in [1.29, 1.82) is 0 Å². The number of hydrogen-bond donors (Lipinski definition) is 0. The average Bonchev–Trinajstić information content (AvgIpc) is 2.76. The maximum absolute atomic E-state index is 2.46. The van der Waals surface area contributed by atoms with Gasteiger partial charge < -0.3 is 0 Å². The standard InChI is InChI=1S/C30H60/c1-4-7-9-11-13-15-17-18-19-21-23-25-27-29-30(6-3)28-26-24-22-20-16-14-12-10-8-5-2/h20,22,30H,4-19,21,23-29H2,1-3H3. The van der Waals surface area contributed by atoms with Gasteiger partial charge in [-0.05, 0) is 31.6 Å². The molecule has 180 valence electrons. The molecule has 0 saturated carbocycles. The molecule has 0 aliphatic carbocycles. The first kappa shape index (κ1) is 29.7. The first-order valence-electron chi connectivity index (χ1n) is 14.5. The van der Waals surface area contributed by atoms with Gasteiger partial charge in [-0.25, -0.2) is 0 Å². The van der Waals surface area contributed by atoms with Crippen LogP contribution in [0, 0.1) is 5.92 Å². The van der Waals surface area contributed by atoms with Crippen LogP contribution in [0.15, 0.2) is 12.2 Å². The molecule has 1 atom stereocenters. The van der Waals surface area contributed by atoms with Crippen molar-refractivity contribution in [2.75, 3.05) is 0 Å². The molecule has 0 bridgehead atoms. The minimum Gasteiger partial charge on any atom is -0.0885 e. The zero-order chi connectivity index (χ0) is 22.0. The zero-order valence-electron chi connectivity index (χ0n) is 21.7. The van der Waals surface area contributed by atoms with Crippen LogP contribution in [0.5, 0.6) is 0 Å². The second-order valence-corrected chi connectivity index (χ2v) is 9.91. The van der Waals surface area contributed by atoms with Crippen LogP contribution in [0.2, 0.25) is 0 Å². The van der Waals surface area contributed by atoms with E-state index in [-0.39, 0.29) is 0 Å². The maximum atomic E-state index is 2.46. The Morgan fingerprint density at radius 2 is 0.767 bits per heavy atom. The third-order valence-electron chi connectivity index (χ3n) is 6.92. The zero-order valence-corrected chi connectivity index (χ0v) is 21.7. The molecule has 0 radical (unpaired) electrons. The van der Waals surface area contributed by atoms with Crippen molar-refractivity contribution in [3.8, 4) is 0 Å². The Kier molecular flexibility index (Phi) is 26.5. The Morgan fingerprint density at radius 1 is 0.400 bits per heavy atom. The summed E-state index contributed by atoms with van der Waals surface area (Å²) in [6.07, 6.45) is 39.3. The smallest absolute Gasteiger partial charge is 0.0351 e. The number of unbranched alkanes of at least 4 members (excludes halogenated alkanes) is 18. The predicted octanol–water partition coefficient (Wildman–Crippen LogP) is 11.6. The van der Waals surface area contributed by atoms with Crippen LogP contribution < -0.4 is 0 Å². The van der Waals surface area contributed by atoms with Gasteiger partial charge >= 0.3 is 0 Å². The fourth-order valence-corrected chi connectivity index (χ4v) is 4.63. The second-order valence-electron chi connectivity index (χ2n) is 9.91. The Hall–Kier alpha value is -0.260. The van der Waals surface area contributed by atoms with Crippen LogP contribution in [-0.4, -0.2) is 0 Å². The summed E-state index contributed by atoms with van der Waals surface area (Å²) in [5.41, 5.74) is 0. The molecular weight excluding hydrogens is 360 g/mol. The van der Waals surface area contributed by atoms with Crippen molar-refractivity contribution in [3.05, 3.63) is 12.2 Å². The number of hydrogen-bond acceptors (Lipinski definition) is 0. The summed E-state index contributed by atoms with van der Waals surface area (Å²) in [6.45, 7) is 7.00. The molecule has 0 aliphatic rings. The molecule has 0 saturated heterocycles. The first-order valence-corrected chi connectivity index (χ1v) is 14.5. The lowest BCUT2D eigenvalue weighted by atomic mass is 9.92. The molecule has 0 heteroatoms. The van der Waals surface area contributed by atoms with Crippen LogP contribution in [0.3, 0.4) is 0 Å². The SMILES string of the molecule is CCCCCCCC=CCCCC(CC)CCCCCCCCCCCCCCC. The topological polar surface area (TPSA) is 0 Å². The third-order valence-corrected chi connectivity index (χ3v) is 6.92. The fraction of sp³-hybridized carbons (Fsp3) is 0.933. The number of rotatable bonds is 25. The lowest BCUT2D eigenvalue weighted by Gasteiger charge is -2.14. The summed E-state index contributed by atoms with van der Waals surface area (Å²) in [4.78, 5) is 0. The molecule has 1 unspecified atom stereocenters.